The highest BCUT2D eigenvalue weighted by molar-refractivity contribution is 9.10. The van der Waals surface area contributed by atoms with Crippen molar-refractivity contribution >= 4 is 44.6 Å². The first kappa shape index (κ1) is 19.9. The van der Waals surface area contributed by atoms with Crippen LogP contribution < -0.4 is 10.3 Å². The molecule has 0 aliphatic heterocycles. The minimum atomic E-state index is -0.286. The van der Waals surface area contributed by atoms with Crippen LogP contribution in [0.4, 0.5) is 5.69 Å². The van der Waals surface area contributed by atoms with E-state index in [2.05, 4.69) is 31.4 Å². The highest BCUT2D eigenvalue weighted by Crippen LogP contribution is 2.33. The summed E-state index contributed by atoms with van der Waals surface area (Å²) < 4.78 is 0.992. The molecule has 0 unspecified atom stereocenters. The van der Waals surface area contributed by atoms with Gasteiger partial charge in [-0.25, -0.2) is 5.43 Å². The summed E-state index contributed by atoms with van der Waals surface area (Å²) in [6, 6.07) is 23.8. The first-order chi connectivity index (χ1) is 14.5. The van der Waals surface area contributed by atoms with Gasteiger partial charge in [0.2, 0.25) is 0 Å². The average Bonchev–Trinajstić information content (AvgIpc) is 3.15. The molecule has 1 aromatic heterocycles. The highest BCUT2D eigenvalue weighted by atomic mass is 79.9. The molecule has 0 aliphatic rings. The molecule has 1 amide bonds. The molecule has 2 N–H and O–H groups in total. The maximum atomic E-state index is 13.0. The molecule has 30 heavy (non-hydrogen) atoms. The lowest BCUT2D eigenvalue weighted by molar-refractivity contribution is 0.0951. The van der Waals surface area contributed by atoms with Crippen molar-refractivity contribution in [1.29, 1.82) is 0 Å². The number of aromatic amines is 1. The number of benzene rings is 3. The van der Waals surface area contributed by atoms with Crippen LogP contribution in [0.5, 0.6) is 0 Å². The van der Waals surface area contributed by atoms with Crippen LogP contribution in [0.3, 0.4) is 0 Å². The summed E-state index contributed by atoms with van der Waals surface area (Å²) >= 11 is 3.41. The number of hydrogen-bond donors (Lipinski definition) is 2. The van der Waals surface area contributed by atoms with Crippen LogP contribution in [0.2, 0.25) is 0 Å². The number of carbonyl (C=O) groups excluding carboxylic acids is 1. The standard InChI is InChI=1S/C24H21BrN4O/c1-29(2)19-13-9-17(10-14-19)22-20-5-3-4-6-21(20)27-23(22)24(30)28-26-15-16-7-11-18(25)12-8-16/h3-15,27H,1-2H3,(H,28,30)/b26-15+. The van der Waals surface area contributed by atoms with Crippen molar-refractivity contribution in [2.75, 3.05) is 19.0 Å². The molecule has 150 valence electrons. The van der Waals surface area contributed by atoms with E-state index < -0.39 is 0 Å². The minimum Gasteiger partial charge on any atom is -0.378 e. The summed E-state index contributed by atoms with van der Waals surface area (Å²) in [5.41, 5.74) is 7.88. The molecule has 6 heteroatoms. The van der Waals surface area contributed by atoms with E-state index >= 15 is 0 Å². The first-order valence-corrected chi connectivity index (χ1v) is 10.3. The van der Waals surface area contributed by atoms with Gasteiger partial charge in [0.25, 0.3) is 5.91 Å². The lowest BCUT2D eigenvalue weighted by Crippen LogP contribution is -2.18. The molecular weight excluding hydrogens is 440 g/mol. The van der Waals surface area contributed by atoms with Gasteiger partial charge in [-0.15, -0.1) is 0 Å². The highest BCUT2D eigenvalue weighted by Gasteiger charge is 2.19. The predicted octanol–water partition coefficient (Wildman–Crippen LogP) is 5.43. The largest absolute Gasteiger partial charge is 0.378 e. The van der Waals surface area contributed by atoms with Crippen molar-refractivity contribution in [3.05, 3.63) is 88.5 Å². The maximum Gasteiger partial charge on any atom is 0.288 e. The van der Waals surface area contributed by atoms with Crippen LogP contribution in [0.25, 0.3) is 22.0 Å². The minimum absolute atomic E-state index is 0.286. The molecule has 0 aliphatic carbocycles. The number of rotatable bonds is 5. The quantitative estimate of drug-likeness (QED) is 0.308. The van der Waals surface area contributed by atoms with Gasteiger partial charge in [-0.2, -0.15) is 5.10 Å². The van der Waals surface area contributed by atoms with E-state index in [1.165, 1.54) is 0 Å². The fourth-order valence-electron chi connectivity index (χ4n) is 3.31. The average molecular weight is 461 g/mol. The topological polar surface area (TPSA) is 60.5 Å². The second-order valence-electron chi connectivity index (χ2n) is 7.11. The van der Waals surface area contributed by atoms with E-state index in [0.717, 1.165) is 37.8 Å². The molecule has 0 radical (unpaired) electrons. The van der Waals surface area contributed by atoms with Gasteiger partial charge in [0.15, 0.2) is 0 Å². The predicted molar refractivity (Wildman–Crippen MR) is 127 cm³/mol. The Balaban J connectivity index is 1.67. The van der Waals surface area contributed by atoms with E-state index in [1.54, 1.807) is 6.21 Å². The molecule has 5 nitrogen and oxygen atoms in total. The van der Waals surface area contributed by atoms with Crippen molar-refractivity contribution in [3.8, 4) is 11.1 Å². The van der Waals surface area contributed by atoms with E-state index in [9.17, 15) is 4.79 Å². The summed E-state index contributed by atoms with van der Waals surface area (Å²) in [5, 5.41) is 5.12. The number of nitrogens with zero attached hydrogens (tertiary/aromatic N) is 2. The van der Waals surface area contributed by atoms with Gasteiger partial charge in [-0.05, 0) is 41.5 Å². The van der Waals surface area contributed by atoms with Crippen LogP contribution in [0, 0.1) is 0 Å². The Morgan fingerprint density at radius 3 is 2.40 bits per heavy atom. The van der Waals surface area contributed by atoms with Crippen LogP contribution >= 0.6 is 15.9 Å². The normalized spacial score (nSPS) is 11.2. The number of nitrogens with one attached hydrogen (secondary N) is 2. The van der Waals surface area contributed by atoms with Crippen molar-refractivity contribution in [2.45, 2.75) is 0 Å². The molecule has 0 fully saturated rings. The number of hydrazone groups is 1. The number of fused-ring (bicyclic) bond motifs is 1. The van der Waals surface area contributed by atoms with Crippen molar-refractivity contribution in [1.82, 2.24) is 10.4 Å². The van der Waals surface area contributed by atoms with Gasteiger partial charge < -0.3 is 9.88 Å². The third-order valence-corrected chi connectivity index (χ3v) is 5.38. The number of para-hydroxylation sites is 1. The van der Waals surface area contributed by atoms with E-state index in [1.807, 2.05) is 91.8 Å². The number of H-pyrrole nitrogens is 1. The van der Waals surface area contributed by atoms with Crippen molar-refractivity contribution in [3.63, 3.8) is 0 Å². The molecule has 0 atom stereocenters. The zero-order valence-electron chi connectivity index (χ0n) is 16.7. The second-order valence-corrected chi connectivity index (χ2v) is 8.03. The van der Waals surface area contributed by atoms with Gasteiger partial charge in [0.1, 0.15) is 5.69 Å². The third kappa shape index (κ3) is 4.14. The van der Waals surface area contributed by atoms with Crippen LogP contribution in [-0.2, 0) is 0 Å². The fourth-order valence-corrected chi connectivity index (χ4v) is 3.57. The Bertz CT molecular complexity index is 1210. The summed E-state index contributed by atoms with van der Waals surface area (Å²) in [6.07, 6.45) is 1.62. The van der Waals surface area contributed by atoms with E-state index in [0.29, 0.717) is 5.69 Å². The molecule has 0 spiro atoms. The molecule has 0 saturated carbocycles. The van der Waals surface area contributed by atoms with Gasteiger partial charge in [0, 0.05) is 40.7 Å². The van der Waals surface area contributed by atoms with Gasteiger partial charge >= 0.3 is 0 Å². The summed E-state index contributed by atoms with van der Waals surface area (Å²) in [5.74, 6) is -0.286. The molecule has 0 bridgehead atoms. The number of amides is 1. The zero-order chi connectivity index (χ0) is 21.1. The number of carbonyl (C=O) groups is 1. The number of aromatic nitrogens is 1. The zero-order valence-corrected chi connectivity index (χ0v) is 18.3. The third-order valence-electron chi connectivity index (χ3n) is 4.86. The molecule has 4 aromatic rings. The number of anilines is 1. The molecule has 4 rings (SSSR count). The Hall–Kier alpha value is -3.38. The maximum absolute atomic E-state index is 13.0. The first-order valence-electron chi connectivity index (χ1n) is 9.50. The second kappa shape index (κ2) is 8.55. The van der Waals surface area contributed by atoms with Gasteiger partial charge in [0.05, 0.1) is 6.21 Å². The van der Waals surface area contributed by atoms with Crippen LogP contribution in [-0.4, -0.2) is 31.2 Å². The van der Waals surface area contributed by atoms with E-state index in [4.69, 9.17) is 0 Å². The SMILES string of the molecule is CN(C)c1ccc(-c2c(C(=O)N/N=C/c3ccc(Br)cc3)[nH]c3ccccc23)cc1. The summed E-state index contributed by atoms with van der Waals surface area (Å²) in [4.78, 5) is 18.3. The summed E-state index contributed by atoms with van der Waals surface area (Å²) in [7, 11) is 4.01. The monoisotopic (exact) mass is 460 g/mol. The Kier molecular flexibility index (Phi) is 5.68. The molecule has 1 heterocycles. The van der Waals surface area contributed by atoms with Crippen molar-refractivity contribution < 1.29 is 4.79 Å². The Labute approximate surface area is 183 Å². The molecule has 0 saturated heterocycles. The smallest absolute Gasteiger partial charge is 0.288 e. The van der Waals surface area contributed by atoms with E-state index in [-0.39, 0.29) is 5.91 Å². The molecular formula is C24H21BrN4O. The van der Waals surface area contributed by atoms with Crippen molar-refractivity contribution in [2.24, 2.45) is 5.10 Å². The van der Waals surface area contributed by atoms with Gasteiger partial charge in [-0.3, -0.25) is 4.79 Å². The Morgan fingerprint density at radius 1 is 1.00 bits per heavy atom. The van der Waals surface area contributed by atoms with Crippen LogP contribution in [0.1, 0.15) is 16.1 Å². The number of halogens is 1. The van der Waals surface area contributed by atoms with Crippen LogP contribution in [0.15, 0.2) is 82.4 Å². The lowest BCUT2D eigenvalue weighted by Gasteiger charge is -2.13. The summed E-state index contributed by atoms with van der Waals surface area (Å²) in [6.45, 7) is 0. The molecule has 3 aromatic carbocycles. The Morgan fingerprint density at radius 2 is 1.70 bits per heavy atom. The lowest BCUT2D eigenvalue weighted by atomic mass is 10.0. The van der Waals surface area contributed by atoms with Gasteiger partial charge in [-0.1, -0.05) is 58.4 Å². The number of hydrogen-bond acceptors (Lipinski definition) is 3. The fraction of sp³-hybridized carbons (Fsp3) is 0.0833.